The number of hydrogen-bond donors (Lipinski definition) is 1. The molecule has 0 fully saturated rings. The number of hydrogen-bond acceptors (Lipinski definition) is 3. The second-order valence-corrected chi connectivity index (χ2v) is 5.83. The molecule has 1 heterocycles. The molecule has 1 N–H and O–H groups in total. The first-order valence-corrected chi connectivity index (χ1v) is 6.71. The van der Waals surface area contributed by atoms with Crippen molar-refractivity contribution in [2.45, 2.75) is 20.0 Å². The summed E-state index contributed by atoms with van der Waals surface area (Å²) >= 11 is 5.21. The van der Waals surface area contributed by atoms with Gasteiger partial charge >= 0.3 is 0 Å². The zero-order valence-corrected chi connectivity index (χ0v) is 11.4. The van der Waals surface area contributed by atoms with E-state index in [0.29, 0.717) is 0 Å². The second kappa shape index (κ2) is 5.57. The maximum absolute atomic E-state index is 4.31. The van der Waals surface area contributed by atoms with E-state index in [0.717, 1.165) is 22.6 Å². The smallest absolute Gasteiger partial charge is 0.107 e. The Balaban J connectivity index is 1.84. The van der Waals surface area contributed by atoms with Crippen LogP contribution in [-0.2, 0) is 13.1 Å². The van der Waals surface area contributed by atoms with Crippen LogP contribution in [0.5, 0.6) is 0 Å². The first kappa shape index (κ1) is 11.8. The Morgan fingerprint density at radius 1 is 1.38 bits per heavy atom. The van der Waals surface area contributed by atoms with E-state index in [4.69, 9.17) is 0 Å². The summed E-state index contributed by atoms with van der Waals surface area (Å²) in [6, 6.07) is 8.33. The van der Waals surface area contributed by atoms with Crippen LogP contribution in [0.4, 0.5) is 0 Å². The monoisotopic (exact) mass is 296 g/mol. The number of benzene rings is 1. The molecule has 2 rings (SSSR count). The number of aryl methyl sites for hydroxylation is 1. The van der Waals surface area contributed by atoms with Crippen molar-refractivity contribution < 1.29 is 0 Å². The number of nitrogens with zero attached hydrogens (tertiary/aromatic N) is 1. The average molecular weight is 297 g/mol. The molecule has 1 aromatic carbocycles. The van der Waals surface area contributed by atoms with Gasteiger partial charge in [-0.25, -0.2) is 4.98 Å². The van der Waals surface area contributed by atoms with Crippen molar-refractivity contribution in [3.63, 3.8) is 0 Å². The minimum Gasteiger partial charge on any atom is -0.306 e. The summed E-state index contributed by atoms with van der Waals surface area (Å²) in [4.78, 5) is 5.57. The van der Waals surface area contributed by atoms with Gasteiger partial charge in [-0.05, 0) is 24.6 Å². The van der Waals surface area contributed by atoms with Crippen LogP contribution in [-0.4, -0.2) is 4.98 Å². The van der Waals surface area contributed by atoms with E-state index >= 15 is 0 Å². The number of thiazole rings is 1. The second-order valence-electron chi connectivity index (χ2n) is 3.60. The molecule has 84 valence electrons. The molecule has 0 unspecified atom stereocenters. The van der Waals surface area contributed by atoms with Gasteiger partial charge in [0.2, 0.25) is 0 Å². The van der Waals surface area contributed by atoms with Gasteiger partial charge in [0.1, 0.15) is 5.01 Å². The van der Waals surface area contributed by atoms with Crippen molar-refractivity contribution in [3.05, 3.63) is 50.4 Å². The van der Waals surface area contributed by atoms with Crippen LogP contribution in [0.25, 0.3) is 0 Å². The Morgan fingerprint density at radius 3 is 2.94 bits per heavy atom. The van der Waals surface area contributed by atoms with Crippen LogP contribution in [0.15, 0.2) is 34.9 Å². The highest BCUT2D eigenvalue weighted by Crippen LogP contribution is 2.13. The van der Waals surface area contributed by atoms with Crippen LogP contribution >= 0.6 is 27.3 Å². The lowest BCUT2D eigenvalue weighted by Gasteiger charge is -2.03. The zero-order valence-electron chi connectivity index (χ0n) is 9.03. The van der Waals surface area contributed by atoms with E-state index in [-0.39, 0.29) is 0 Å². The van der Waals surface area contributed by atoms with E-state index in [9.17, 15) is 0 Å². The van der Waals surface area contributed by atoms with E-state index in [1.54, 1.807) is 11.3 Å². The fourth-order valence-electron chi connectivity index (χ4n) is 1.44. The number of nitrogens with one attached hydrogen (secondary N) is 1. The van der Waals surface area contributed by atoms with Gasteiger partial charge in [-0.15, -0.1) is 11.3 Å². The van der Waals surface area contributed by atoms with E-state index in [2.05, 4.69) is 51.4 Å². The van der Waals surface area contributed by atoms with Crippen LogP contribution in [0.2, 0.25) is 0 Å². The van der Waals surface area contributed by atoms with Crippen LogP contribution in [0, 0.1) is 6.92 Å². The molecule has 0 saturated carbocycles. The fraction of sp³-hybridized carbons (Fsp3) is 0.250. The maximum atomic E-state index is 4.31. The largest absolute Gasteiger partial charge is 0.306 e. The van der Waals surface area contributed by atoms with Gasteiger partial charge < -0.3 is 5.32 Å². The topological polar surface area (TPSA) is 24.9 Å². The quantitative estimate of drug-likeness (QED) is 0.934. The Kier molecular flexibility index (Phi) is 4.09. The molecule has 0 aliphatic heterocycles. The molecule has 16 heavy (non-hydrogen) atoms. The fourth-order valence-corrected chi connectivity index (χ4v) is 2.65. The van der Waals surface area contributed by atoms with Crippen LogP contribution < -0.4 is 5.32 Å². The van der Waals surface area contributed by atoms with Crippen molar-refractivity contribution in [1.82, 2.24) is 10.3 Å². The molecule has 0 saturated heterocycles. The predicted molar refractivity (Wildman–Crippen MR) is 71.5 cm³/mol. The highest BCUT2D eigenvalue weighted by atomic mass is 79.9. The molecule has 0 aliphatic carbocycles. The summed E-state index contributed by atoms with van der Waals surface area (Å²) in [5.41, 5.74) is 1.28. The standard InChI is InChI=1S/C12H13BrN2S/c1-9-6-15-12(16-9)8-14-7-10-3-2-4-11(13)5-10/h2-6,14H,7-8H2,1H3. The number of halogens is 1. The summed E-state index contributed by atoms with van der Waals surface area (Å²) in [5.74, 6) is 0. The molecule has 0 spiro atoms. The molecule has 0 aliphatic rings. The molecular weight excluding hydrogens is 284 g/mol. The average Bonchev–Trinajstić information content (AvgIpc) is 2.64. The van der Waals surface area contributed by atoms with E-state index in [1.807, 2.05) is 12.3 Å². The summed E-state index contributed by atoms with van der Waals surface area (Å²) in [6.45, 7) is 3.79. The van der Waals surface area contributed by atoms with Gasteiger partial charge in [0.25, 0.3) is 0 Å². The molecule has 0 bridgehead atoms. The Bertz CT molecular complexity index is 468. The summed E-state index contributed by atoms with van der Waals surface area (Å²) < 4.78 is 1.12. The van der Waals surface area contributed by atoms with Gasteiger partial charge in [0.05, 0.1) is 0 Å². The van der Waals surface area contributed by atoms with Crippen molar-refractivity contribution in [3.8, 4) is 0 Å². The SMILES string of the molecule is Cc1cnc(CNCc2cccc(Br)c2)s1. The normalized spacial score (nSPS) is 10.6. The van der Waals surface area contributed by atoms with Crippen molar-refractivity contribution in [2.24, 2.45) is 0 Å². The molecule has 2 aromatic rings. The molecule has 1 aromatic heterocycles. The maximum Gasteiger partial charge on any atom is 0.107 e. The lowest BCUT2D eigenvalue weighted by atomic mass is 10.2. The summed E-state index contributed by atoms with van der Waals surface area (Å²) in [5, 5.41) is 4.53. The Morgan fingerprint density at radius 2 is 2.25 bits per heavy atom. The van der Waals surface area contributed by atoms with Gasteiger partial charge in [0, 0.05) is 28.6 Å². The third-order valence-electron chi connectivity index (χ3n) is 2.16. The summed E-state index contributed by atoms with van der Waals surface area (Å²) in [6.07, 6.45) is 1.92. The molecule has 4 heteroatoms. The number of rotatable bonds is 4. The lowest BCUT2D eigenvalue weighted by molar-refractivity contribution is 0.690. The minimum absolute atomic E-state index is 0.838. The first-order valence-electron chi connectivity index (χ1n) is 5.10. The zero-order chi connectivity index (χ0) is 11.4. The van der Waals surface area contributed by atoms with Gasteiger partial charge in [-0.3, -0.25) is 0 Å². The molecular formula is C12H13BrN2S. The summed E-state index contributed by atoms with van der Waals surface area (Å²) in [7, 11) is 0. The van der Waals surface area contributed by atoms with Gasteiger partial charge in [0.15, 0.2) is 0 Å². The molecule has 2 nitrogen and oxygen atoms in total. The van der Waals surface area contributed by atoms with Gasteiger partial charge in [-0.1, -0.05) is 28.1 Å². The van der Waals surface area contributed by atoms with Crippen molar-refractivity contribution in [1.29, 1.82) is 0 Å². The molecule has 0 atom stereocenters. The minimum atomic E-state index is 0.838. The third kappa shape index (κ3) is 3.40. The van der Waals surface area contributed by atoms with E-state index < -0.39 is 0 Å². The number of aromatic nitrogens is 1. The molecule has 0 radical (unpaired) electrons. The lowest BCUT2D eigenvalue weighted by Crippen LogP contribution is -2.12. The highest BCUT2D eigenvalue weighted by molar-refractivity contribution is 9.10. The van der Waals surface area contributed by atoms with Crippen LogP contribution in [0.3, 0.4) is 0 Å². The van der Waals surface area contributed by atoms with Crippen LogP contribution in [0.1, 0.15) is 15.4 Å². The van der Waals surface area contributed by atoms with Crippen molar-refractivity contribution >= 4 is 27.3 Å². The third-order valence-corrected chi connectivity index (χ3v) is 3.57. The van der Waals surface area contributed by atoms with E-state index in [1.165, 1.54) is 10.4 Å². The Labute approximate surface area is 108 Å². The molecule has 0 amide bonds. The predicted octanol–water partition coefficient (Wildman–Crippen LogP) is 3.50. The highest BCUT2D eigenvalue weighted by Gasteiger charge is 1.98. The van der Waals surface area contributed by atoms with Gasteiger partial charge in [-0.2, -0.15) is 0 Å². The Hall–Kier alpha value is -0.710. The first-order chi connectivity index (χ1) is 7.74. The van der Waals surface area contributed by atoms with Crippen molar-refractivity contribution in [2.75, 3.05) is 0 Å².